The molecular weight excluding hydrogens is 502 g/mol. The standard InChI is InChI=1S/C30H32ClN3O4/c1-17(2)22-15-23(19(5)12-26(22)36-6)29-33-25-11-9-8-10-21(25)30(35)34(29)32-16-20-13-24(31)28(38-18(3)4)27(14-20)37-7/h8-18H,1-7H3. The van der Waals surface area contributed by atoms with E-state index < -0.39 is 0 Å². The van der Waals surface area contributed by atoms with Gasteiger partial charge in [-0.25, -0.2) is 4.98 Å². The number of hydrogen-bond acceptors (Lipinski definition) is 6. The predicted octanol–water partition coefficient (Wildman–Crippen LogP) is 6.84. The SMILES string of the molecule is COc1cc(C)c(-c2nc3ccccc3c(=O)n2N=Cc2cc(Cl)c(OC(C)C)c(OC)c2)cc1C(C)C. The number of para-hydroxylation sites is 1. The number of fused-ring (bicyclic) bond motifs is 1. The molecule has 0 aliphatic heterocycles. The van der Waals surface area contributed by atoms with Crippen LogP contribution >= 0.6 is 11.6 Å². The van der Waals surface area contributed by atoms with Crippen molar-refractivity contribution in [3.63, 3.8) is 0 Å². The largest absolute Gasteiger partial charge is 0.496 e. The predicted molar refractivity (Wildman–Crippen MR) is 154 cm³/mol. The number of hydrogen-bond donors (Lipinski definition) is 0. The van der Waals surface area contributed by atoms with Crippen molar-refractivity contribution in [3.8, 4) is 28.6 Å². The van der Waals surface area contributed by atoms with Crippen LogP contribution in [0.1, 0.15) is 50.3 Å². The molecular formula is C30H32ClN3O4. The number of aryl methyl sites for hydroxylation is 1. The van der Waals surface area contributed by atoms with Gasteiger partial charge in [0.2, 0.25) is 0 Å². The molecule has 0 aliphatic rings. The molecule has 0 bridgehead atoms. The maximum atomic E-state index is 13.7. The highest BCUT2D eigenvalue weighted by atomic mass is 35.5. The van der Waals surface area contributed by atoms with Crippen molar-refractivity contribution < 1.29 is 14.2 Å². The summed E-state index contributed by atoms with van der Waals surface area (Å²) in [6.45, 7) is 9.99. The lowest BCUT2D eigenvalue weighted by Crippen LogP contribution is -2.20. The van der Waals surface area contributed by atoms with Gasteiger partial charge in [0.05, 0.1) is 42.5 Å². The lowest BCUT2D eigenvalue weighted by atomic mass is 9.96. The molecule has 7 nitrogen and oxygen atoms in total. The van der Waals surface area contributed by atoms with Crippen molar-refractivity contribution in [2.75, 3.05) is 14.2 Å². The van der Waals surface area contributed by atoms with E-state index in [4.69, 9.17) is 30.8 Å². The third-order valence-corrected chi connectivity index (χ3v) is 6.40. The Morgan fingerprint density at radius 2 is 1.71 bits per heavy atom. The van der Waals surface area contributed by atoms with Gasteiger partial charge in [-0.15, -0.1) is 0 Å². The number of ether oxygens (including phenoxy) is 3. The summed E-state index contributed by atoms with van der Waals surface area (Å²) in [7, 11) is 3.21. The number of rotatable bonds is 8. The Balaban J connectivity index is 1.93. The Labute approximate surface area is 227 Å². The number of aromatic nitrogens is 2. The summed E-state index contributed by atoms with van der Waals surface area (Å²) in [6, 6.07) is 14.7. The minimum absolute atomic E-state index is 0.0748. The van der Waals surface area contributed by atoms with E-state index in [1.165, 1.54) is 4.68 Å². The first-order valence-electron chi connectivity index (χ1n) is 12.4. The maximum absolute atomic E-state index is 13.7. The van der Waals surface area contributed by atoms with E-state index in [1.807, 2.05) is 51.1 Å². The topological polar surface area (TPSA) is 74.9 Å². The Bertz CT molecular complexity index is 1570. The summed E-state index contributed by atoms with van der Waals surface area (Å²) in [5, 5.41) is 5.46. The lowest BCUT2D eigenvalue weighted by Gasteiger charge is -2.17. The lowest BCUT2D eigenvalue weighted by molar-refractivity contribution is 0.230. The minimum Gasteiger partial charge on any atom is -0.496 e. The molecule has 38 heavy (non-hydrogen) atoms. The van der Waals surface area contributed by atoms with E-state index in [1.54, 1.807) is 38.6 Å². The first kappa shape index (κ1) is 27.2. The van der Waals surface area contributed by atoms with Crippen molar-refractivity contribution in [2.45, 2.75) is 46.6 Å². The Kier molecular flexibility index (Phi) is 8.07. The normalized spacial score (nSPS) is 11.6. The number of halogens is 1. The average Bonchev–Trinajstić information content (AvgIpc) is 2.88. The van der Waals surface area contributed by atoms with Gasteiger partial charge in [0.15, 0.2) is 17.3 Å². The van der Waals surface area contributed by atoms with Crippen LogP contribution in [-0.2, 0) is 0 Å². The fraction of sp³-hybridized carbons (Fsp3) is 0.300. The van der Waals surface area contributed by atoms with Gasteiger partial charge in [0.1, 0.15) is 5.75 Å². The molecule has 0 aliphatic carbocycles. The van der Waals surface area contributed by atoms with Crippen LogP contribution in [0.3, 0.4) is 0 Å². The molecule has 0 unspecified atom stereocenters. The Morgan fingerprint density at radius 3 is 2.37 bits per heavy atom. The third-order valence-electron chi connectivity index (χ3n) is 6.12. The molecule has 0 N–H and O–H groups in total. The molecule has 0 fully saturated rings. The van der Waals surface area contributed by atoms with E-state index in [0.717, 1.165) is 22.4 Å². The molecule has 0 amide bonds. The molecule has 0 saturated heterocycles. The number of benzene rings is 3. The second-order valence-electron chi connectivity index (χ2n) is 9.58. The molecule has 0 spiro atoms. The van der Waals surface area contributed by atoms with Gasteiger partial charge in [-0.1, -0.05) is 37.6 Å². The summed E-state index contributed by atoms with van der Waals surface area (Å²) in [4.78, 5) is 18.5. The first-order valence-corrected chi connectivity index (χ1v) is 12.8. The zero-order chi connectivity index (χ0) is 27.6. The van der Waals surface area contributed by atoms with Crippen molar-refractivity contribution in [1.29, 1.82) is 0 Å². The maximum Gasteiger partial charge on any atom is 0.282 e. The van der Waals surface area contributed by atoms with Crippen LogP contribution in [-0.4, -0.2) is 36.2 Å². The minimum atomic E-state index is -0.277. The van der Waals surface area contributed by atoms with Crippen LogP contribution in [0, 0.1) is 6.92 Å². The van der Waals surface area contributed by atoms with Crippen LogP contribution < -0.4 is 19.8 Å². The zero-order valence-corrected chi connectivity index (χ0v) is 23.5. The fourth-order valence-electron chi connectivity index (χ4n) is 4.26. The number of methoxy groups -OCH3 is 2. The zero-order valence-electron chi connectivity index (χ0n) is 22.7. The summed E-state index contributed by atoms with van der Waals surface area (Å²) in [6.07, 6.45) is 1.49. The quantitative estimate of drug-likeness (QED) is 0.232. The number of nitrogens with zero attached hydrogens (tertiary/aromatic N) is 3. The van der Waals surface area contributed by atoms with Gasteiger partial charge in [0, 0.05) is 5.56 Å². The van der Waals surface area contributed by atoms with Gasteiger partial charge in [-0.2, -0.15) is 9.78 Å². The second-order valence-corrected chi connectivity index (χ2v) is 9.99. The molecule has 0 radical (unpaired) electrons. The summed E-state index contributed by atoms with van der Waals surface area (Å²) >= 11 is 6.51. The third kappa shape index (κ3) is 5.38. The molecule has 1 aromatic heterocycles. The van der Waals surface area contributed by atoms with Gasteiger partial charge < -0.3 is 14.2 Å². The van der Waals surface area contributed by atoms with E-state index in [-0.39, 0.29) is 17.6 Å². The molecule has 0 atom stereocenters. The van der Waals surface area contributed by atoms with E-state index >= 15 is 0 Å². The van der Waals surface area contributed by atoms with Crippen molar-refractivity contribution in [1.82, 2.24) is 9.66 Å². The average molecular weight is 534 g/mol. The van der Waals surface area contributed by atoms with Crippen molar-refractivity contribution >= 4 is 28.7 Å². The van der Waals surface area contributed by atoms with Crippen molar-refractivity contribution in [2.24, 2.45) is 5.10 Å². The molecule has 3 aromatic carbocycles. The summed E-state index contributed by atoms with van der Waals surface area (Å²) in [5.74, 6) is 2.37. The monoisotopic (exact) mass is 533 g/mol. The van der Waals surface area contributed by atoms with Gasteiger partial charge in [-0.3, -0.25) is 4.79 Å². The van der Waals surface area contributed by atoms with Crippen molar-refractivity contribution in [3.05, 3.63) is 80.6 Å². The molecule has 8 heteroatoms. The highest BCUT2D eigenvalue weighted by Crippen LogP contribution is 2.37. The van der Waals surface area contributed by atoms with Gasteiger partial charge in [-0.05, 0) is 79.8 Å². The fourth-order valence-corrected chi connectivity index (χ4v) is 4.52. The molecule has 0 saturated carbocycles. The van der Waals surface area contributed by atoms with Crippen LogP contribution in [0.2, 0.25) is 5.02 Å². The Hall–Kier alpha value is -3.84. The van der Waals surface area contributed by atoms with Gasteiger partial charge in [0.25, 0.3) is 5.56 Å². The highest BCUT2D eigenvalue weighted by Gasteiger charge is 2.19. The highest BCUT2D eigenvalue weighted by molar-refractivity contribution is 6.32. The summed E-state index contributed by atoms with van der Waals surface area (Å²) in [5.41, 5.74) is 3.69. The Morgan fingerprint density at radius 1 is 1.00 bits per heavy atom. The molecule has 1 heterocycles. The van der Waals surface area contributed by atoms with Crippen LogP contribution in [0.4, 0.5) is 0 Å². The van der Waals surface area contributed by atoms with E-state index in [2.05, 4.69) is 18.9 Å². The second kappa shape index (κ2) is 11.3. The van der Waals surface area contributed by atoms with E-state index in [0.29, 0.717) is 38.8 Å². The first-order chi connectivity index (χ1) is 18.1. The smallest absolute Gasteiger partial charge is 0.282 e. The van der Waals surface area contributed by atoms with Crippen LogP contribution in [0.25, 0.3) is 22.3 Å². The molecule has 4 rings (SSSR count). The summed E-state index contributed by atoms with van der Waals surface area (Å²) < 4.78 is 18.3. The molecule has 198 valence electrons. The molecule has 4 aromatic rings. The van der Waals surface area contributed by atoms with Crippen LogP contribution in [0.5, 0.6) is 17.2 Å². The van der Waals surface area contributed by atoms with E-state index in [9.17, 15) is 4.79 Å². The van der Waals surface area contributed by atoms with Crippen LogP contribution in [0.15, 0.2) is 58.4 Å². The van der Waals surface area contributed by atoms with Gasteiger partial charge >= 0.3 is 0 Å².